The molecule has 3 heteroatoms. The molecule has 3 nitrogen and oxygen atoms in total. The molecule has 0 bridgehead atoms. The molecule has 2 aromatic carbocycles. The molecule has 0 saturated carbocycles. The van der Waals surface area contributed by atoms with E-state index in [0.717, 1.165) is 32.7 Å². The van der Waals surface area contributed by atoms with Gasteiger partial charge in [-0.15, -0.1) is 0 Å². The molecule has 0 unspecified atom stereocenters. The highest BCUT2D eigenvalue weighted by molar-refractivity contribution is 5.77. The second-order valence-electron chi connectivity index (χ2n) is 6.40. The molecule has 2 aromatic rings. The highest BCUT2D eigenvalue weighted by Gasteiger charge is 2.18. The van der Waals surface area contributed by atoms with Gasteiger partial charge in [0, 0.05) is 11.8 Å². The molecule has 0 amide bonds. The Bertz CT molecular complexity index is 666. The Balaban J connectivity index is 1.42. The molecule has 0 aliphatic carbocycles. The maximum atomic E-state index is 4.56. The van der Waals surface area contributed by atoms with Crippen LogP contribution in [0.2, 0.25) is 0 Å². The molecule has 0 radical (unpaired) electrons. The number of aryl methyl sites for hydroxylation is 1. The van der Waals surface area contributed by atoms with Crippen LogP contribution in [-0.4, -0.2) is 37.4 Å². The van der Waals surface area contributed by atoms with Gasteiger partial charge in [0.05, 0.1) is 26.2 Å². The summed E-state index contributed by atoms with van der Waals surface area (Å²) in [6, 6.07) is 19.2. The van der Waals surface area contributed by atoms with Gasteiger partial charge in [0.1, 0.15) is 6.54 Å². The van der Waals surface area contributed by atoms with Crippen LogP contribution in [0.4, 0.5) is 0 Å². The van der Waals surface area contributed by atoms with Crippen molar-refractivity contribution in [3.05, 3.63) is 77.4 Å². The molecule has 1 aliphatic rings. The standard InChI is InChI=1S/C21H25N3/c1-19-9-11-21(12-10-19)18-23-14-16-24(17-15-23)22-13-5-8-20-6-3-2-4-7-20/h2-13H,14-18H2,1H3/p+1/b8-5+,22-13+. The van der Waals surface area contributed by atoms with Crippen LogP contribution in [0.25, 0.3) is 6.08 Å². The first-order valence-electron chi connectivity index (χ1n) is 8.69. The van der Waals surface area contributed by atoms with Crippen LogP contribution < -0.4 is 4.90 Å². The van der Waals surface area contributed by atoms with Crippen LogP contribution in [-0.2, 0) is 6.54 Å². The normalized spacial score (nSPS) is 16.3. The van der Waals surface area contributed by atoms with Gasteiger partial charge in [-0.1, -0.05) is 66.2 Å². The van der Waals surface area contributed by atoms with Crippen molar-refractivity contribution in [2.45, 2.75) is 13.5 Å². The van der Waals surface area contributed by atoms with Crippen molar-refractivity contribution in [2.75, 3.05) is 26.2 Å². The van der Waals surface area contributed by atoms with Crippen molar-refractivity contribution in [3.63, 3.8) is 0 Å². The molecule has 1 fully saturated rings. The fourth-order valence-corrected chi connectivity index (χ4v) is 2.95. The summed E-state index contributed by atoms with van der Waals surface area (Å²) in [7, 11) is 0. The van der Waals surface area contributed by atoms with E-state index >= 15 is 0 Å². The minimum Gasteiger partial charge on any atom is -0.328 e. The Hall–Kier alpha value is -2.39. The van der Waals surface area contributed by atoms with Crippen LogP contribution in [0.3, 0.4) is 0 Å². The molecule has 0 spiro atoms. The molecule has 1 heterocycles. The Morgan fingerprint density at radius 3 is 2.42 bits per heavy atom. The number of allylic oxidation sites excluding steroid dienone is 1. The fraction of sp³-hybridized carbons (Fsp3) is 0.286. The highest BCUT2D eigenvalue weighted by atomic mass is 15.5. The molecule has 1 N–H and O–H groups in total. The molecule has 0 aromatic heterocycles. The van der Waals surface area contributed by atoms with E-state index in [9.17, 15) is 0 Å². The topological polar surface area (TPSA) is 20.0 Å². The average molecular weight is 320 g/mol. The zero-order chi connectivity index (χ0) is 16.6. The Kier molecular flexibility index (Phi) is 5.80. The van der Waals surface area contributed by atoms with Crippen LogP contribution in [0.5, 0.6) is 0 Å². The number of hydrogen-bond acceptors (Lipinski definition) is 2. The first-order chi connectivity index (χ1) is 11.8. The van der Waals surface area contributed by atoms with Crippen molar-refractivity contribution in [1.82, 2.24) is 5.01 Å². The largest absolute Gasteiger partial charge is 0.328 e. The predicted molar refractivity (Wildman–Crippen MR) is 101 cm³/mol. The number of hydrazone groups is 1. The van der Waals surface area contributed by atoms with Gasteiger partial charge in [-0.3, -0.25) is 5.01 Å². The number of benzene rings is 2. The second kappa shape index (κ2) is 8.46. The molecule has 1 saturated heterocycles. The van der Waals surface area contributed by atoms with E-state index in [2.05, 4.69) is 59.5 Å². The van der Waals surface area contributed by atoms with Gasteiger partial charge in [0.25, 0.3) is 0 Å². The summed E-state index contributed by atoms with van der Waals surface area (Å²) < 4.78 is 0. The summed E-state index contributed by atoms with van der Waals surface area (Å²) in [5, 5.41) is 6.73. The third-order valence-corrected chi connectivity index (χ3v) is 4.43. The molecule has 24 heavy (non-hydrogen) atoms. The van der Waals surface area contributed by atoms with Gasteiger partial charge in [0.15, 0.2) is 0 Å². The lowest BCUT2D eigenvalue weighted by molar-refractivity contribution is -0.918. The number of hydrogen-bond donors (Lipinski definition) is 1. The van der Waals surface area contributed by atoms with Crippen LogP contribution in [0.1, 0.15) is 16.7 Å². The van der Waals surface area contributed by atoms with Gasteiger partial charge >= 0.3 is 0 Å². The van der Waals surface area contributed by atoms with Crippen molar-refractivity contribution < 1.29 is 4.90 Å². The minimum absolute atomic E-state index is 1.02. The minimum atomic E-state index is 1.02. The maximum Gasteiger partial charge on any atom is 0.103 e. The Labute approximate surface area is 144 Å². The lowest BCUT2D eigenvalue weighted by Gasteiger charge is -2.30. The number of rotatable bonds is 5. The molecule has 0 atom stereocenters. The Morgan fingerprint density at radius 2 is 1.71 bits per heavy atom. The van der Waals surface area contributed by atoms with Gasteiger partial charge in [-0.25, -0.2) is 0 Å². The fourth-order valence-electron chi connectivity index (χ4n) is 2.95. The van der Waals surface area contributed by atoms with Gasteiger partial charge in [0.2, 0.25) is 0 Å². The third kappa shape index (κ3) is 5.07. The molecular weight excluding hydrogens is 294 g/mol. The maximum absolute atomic E-state index is 4.56. The quantitative estimate of drug-likeness (QED) is 0.839. The lowest BCUT2D eigenvalue weighted by Crippen LogP contribution is -3.13. The number of quaternary nitrogens is 1. The van der Waals surface area contributed by atoms with Crippen LogP contribution >= 0.6 is 0 Å². The SMILES string of the molecule is Cc1ccc(C[NH+]2CCN(/N=C/C=C/c3ccccc3)CC2)cc1. The summed E-state index contributed by atoms with van der Waals surface area (Å²) in [5.41, 5.74) is 3.96. The van der Waals surface area contributed by atoms with Crippen molar-refractivity contribution in [3.8, 4) is 0 Å². The Morgan fingerprint density at radius 1 is 1.00 bits per heavy atom. The molecule has 3 rings (SSSR count). The van der Waals surface area contributed by atoms with Gasteiger partial charge < -0.3 is 4.90 Å². The predicted octanol–water partition coefficient (Wildman–Crippen LogP) is 2.39. The monoisotopic (exact) mass is 320 g/mol. The van der Waals surface area contributed by atoms with Gasteiger partial charge in [-0.2, -0.15) is 5.10 Å². The van der Waals surface area contributed by atoms with E-state index in [4.69, 9.17) is 0 Å². The van der Waals surface area contributed by atoms with E-state index < -0.39 is 0 Å². The summed E-state index contributed by atoms with van der Waals surface area (Å²) in [6.45, 7) is 7.60. The highest BCUT2D eigenvalue weighted by Crippen LogP contribution is 2.02. The van der Waals surface area contributed by atoms with Crippen molar-refractivity contribution in [1.29, 1.82) is 0 Å². The molecular formula is C21H26N3+. The number of piperazine rings is 1. The first-order valence-corrected chi connectivity index (χ1v) is 8.69. The van der Waals surface area contributed by atoms with E-state index in [1.165, 1.54) is 16.7 Å². The number of nitrogens with zero attached hydrogens (tertiary/aromatic N) is 2. The lowest BCUT2D eigenvalue weighted by atomic mass is 10.1. The van der Waals surface area contributed by atoms with E-state index in [-0.39, 0.29) is 0 Å². The van der Waals surface area contributed by atoms with Crippen LogP contribution in [0.15, 0.2) is 65.8 Å². The van der Waals surface area contributed by atoms with Gasteiger partial charge in [-0.05, 0) is 18.6 Å². The zero-order valence-electron chi connectivity index (χ0n) is 14.4. The number of nitrogens with one attached hydrogen (secondary N) is 1. The summed E-state index contributed by atoms with van der Waals surface area (Å²) >= 11 is 0. The third-order valence-electron chi connectivity index (χ3n) is 4.43. The van der Waals surface area contributed by atoms with E-state index in [1.807, 2.05) is 30.5 Å². The molecule has 124 valence electrons. The van der Waals surface area contributed by atoms with Crippen LogP contribution in [0, 0.1) is 6.92 Å². The van der Waals surface area contributed by atoms with E-state index in [1.54, 1.807) is 4.90 Å². The average Bonchev–Trinajstić information content (AvgIpc) is 2.63. The second-order valence-corrected chi connectivity index (χ2v) is 6.40. The van der Waals surface area contributed by atoms with Crippen molar-refractivity contribution >= 4 is 12.3 Å². The first kappa shape index (κ1) is 16.5. The summed E-state index contributed by atoms with van der Waals surface area (Å²) in [6.07, 6.45) is 6.00. The summed E-state index contributed by atoms with van der Waals surface area (Å²) in [4.78, 5) is 1.64. The van der Waals surface area contributed by atoms with E-state index in [0.29, 0.717) is 0 Å². The zero-order valence-corrected chi connectivity index (χ0v) is 14.4. The van der Waals surface area contributed by atoms with Crippen molar-refractivity contribution in [2.24, 2.45) is 5.10 Å². The molecule has 1 aliphatic heterocycles. The smallest absolute Gasteiger partial charge is 0.103 e. The summed E-state index contributed by atoms with van der Waals surface area (Å²) in [5.74, 6) is 0.